The molecule has 5 heteroatoms. The van der Waals surface area contributed by atoms with Crippen molar-refractivity contribution >= 4 is 11.9 Å². The van der Waals surface area contributed by atoms with Crippen LogP contribution in [-0.4, -0.2) is 35.0 Å². The fraction of sp³-hybridized carbons (Fsp3) is 0.250. The summed E-state index contributed by atoms with van der Waals surface area (Å²) in [6, 6.07) is 8.35. The highest BCUT2D eigenvalue weighted by Gasteiger charge is 2.35. The Hall–Kier alpha value is -2.35. The third-order valence-corrected chi connectivity index (χ3v) is 2.76. The molecule has 5 nitrogen and oxygen atoms in total. The molecule has 1 N–H and O–H groups in total. The molecule has 1 heterocycles. The molecule has 0 aliphatic carbocycles. The van der Waals surface area contributed by atoms with Gasteiger partial charge in [-0.1, -0.05) is 6.07 Å². The number of rotatable bonds is 2. The van der Waals surface area contributed by atoms with Crippen molar-refractivity contribution in [2.24, 2.45) is 5.92 Å². The van der Waals surface area contributed by atoms with Gasteiger partial charge in [-0.3, -0.25) is 9.59 Å². The highest BCUT2D eigenvalue weighted by atomic mass is 16.4. The Morgan fingerprint density at radius 1 is 1.41 bits per heavy atom. The molecule has 17 heavy (non-hydrogen) atoms. The van der Waals surface area contributed by atoms with Gasteiger partial charge in [-0.2, -0.15) is 5.26 Å². The minimum Gasteiger partial charge on any atom is -0.481 e. The summed E-state index contributed by atoms with van der Waals surface area (Å²) in [4.78, 5) is 24.0. The zero-order chi connectivity index (χ0) is 12.4. The summed E-state index contributed by atoms with van der Waals surface area (Å²) in [7, 11) is 0. The van der Waals surface area contributed by atoms with E-state index >= 15 is 0 Å². The molecule has 1 amide bonds. The summed E-state index contributed by atoms with van der Waals surface area (Å²) in [6.45, 7) is 0.482. The van der Waals surface area contributed by atoms with Crippen LogP contribution in [0.25, 0.3) is 0 Å². The summed E-state index contributed by atoms with van der Waals surface area (Å²) in [6.07, 6.45) is 0. The molecule has 2 rings (SSSR count). The highest BCUT2D eigenvalue weighted by molar-refractivity contribution is 5.95. The topological polar surface area (TPSA) is 81.4 Å². The molecule has 0 unspecified atom stereocenters. The van der Waals surface area contributed by atoms with Gasteiger partial charge in [-0.05, 0) is 18.2 Å². The summed E-state index contributed by atoms with van der Waals surface area (Å²) in [5.74, 6) is -1.56. The molecule has 0 aromatic heterocycles. The maximum atomic E-state index is 11.9. The number of hydrogen-bond acceptors (Lipinski definition) is 3. The minimum atomic E-state index is -0.875. The Labute approximate surface area is 97.9 Å². The molecular weight excluding hydrogens is 220 g/mol. The number of nitrogens with zero attached hydrogens (tertiary/aromatic N) is 2. The van der Waals surface area contributed by atoms with Crippen molar-refractivity contribution in [2.75, 3.05) is 13.1 Å². The lowest BCUT2D eigenvalue weighted by atomic mass is 9.99. The Balaban J connectivity index is 2.07. The largest absolute Gasteiger partial charge is 0.481 e. The van der Waals surface area contributed by atoms with Crippen LogP contribution < -0.4 is 0 Å². The van der Waals surface area contributed by atoms with Crippen LogP contribution in [0.4, 0.5) is 0 Å². The first kappa shape index (κ1) is 11.1. The van der Waals surface area contributed by atoms with E-state index in [2.05, 4.69) is 0 Å². The zero-order valence-electron chi connectivity index (χ0n) is 8.96. The van der Waals surface area contributed by atoms with Gasteiger partial charge in [0.2, 0.25) is 0 Å². The maximum absolute atomic E-state index is 11.9. The second kappa shape index (κ2) is 4.26. The Bertz CT molecular complexity index is 513. The monoisotopic (exact) mass is 230 g/mol. The fourth-order valence-corrected chi connectivity index (χ4v) is 1.70. The smallest absolute Gasteiger partial charge is 0.310 e. The first-order valence-electron chi connectivity index (χ1n) is 5.14. The van der Waals surface area contributed by atoms with Gasteiger partial charge in [-0.15, -0.1) is 0 Å². The fourth-order valence-electron chi connectivity index (χ4n) is 1.70. The number of carboxylic acid groups (broad SMARTS) is 1. The van der Waals surface area contributed by atoms with Gasteiger partial charge >= 0.3 is 5.97 Å². The molecule has 0 bridgehead atoms. The van der Waals surface area contributed by atoms with E-state index in [0.717, 1.165) is 0 Å². The molecular formula is C12H10N2O3. The molecule has 0 spiro atoms. The van der Waals surface area contributed by atoms with E-state index in [1.165, 1.54) is 11.0 Å². The third-order valence-electron chi connectivity index (χ3n) is 2.76. The van der Waals surface area contributed by atoms with Gasteiger partial charge in [0.1, 0.15) is 0 Å². The standard InChI is InChI=1S/C12H10N2O3/c13-5-8-2-1-3-9(4-8)11(15)14-6-10(7-14)12(16)17/h1-4,10H,6-7H2,(H,16,17). The van der Waals surface area contributed by atoms with Crippen molar-refractivity contribution in [2.45, 2.75) is 0 Å². The lowest BCUT2D eigenvalue weighted by Gasteiger charge is -2.36. The normalized spacial score (nSPS) is 14.9. The quantitative estimate of drug-likeness (QED) is 0.811. The third kappa shape index (κ3) is 2.11. The van der Waals surface area contributed by atoms with E-state index in [1.54, 1.807) is 18.2 Å². The number of aliphatic carboxylic acids is 1. The van der Waals surface area contributed by atoms with Crippen molar-refractivity contribution in [1.29, 1.82) is 5.26 Å². The van der Waals surface area contributed by atoms with Gasteiger partial charge in [0, 0.05) is 18.7 Å². The number of carbonyl (C=O) groups is 2. The van der Waals surface area contributed by atoms with E-state index in [-0.39, 0.29) is 19.0 Å². The second-order valence-corrected chi connectivity index (χ2v) is 3.94. The Kier molecular flexibility index (Phi) is 2.79. The Morgan fingerprint density at radius 3 is 2.71 bits per heavy atom. The molecule has 1 aliphatic rings. The first-order chi connectivity index (χ1) is 8.11. The number of carbonyl (C=O) groups excluding carboxylic acids is 1. The minimum absolute atomic E-state index is 0.223. The van der Waals surface area contributed by atoms with E-state index in [0.29, 0.717) is 11.1 Å². The molecule has 1 saturated heterocycles. The molecule has 0 saturated carbocycles. The van der Waals surface area contributed by atoms with Crippen molar-refractivity contribution in [3.8, 4) is 6.07 Å². The molecule has 1 aliphatic heterocycles. The molecule has 1 fully saturated rings. The van der Waals surface area contributed by atoms with Gasteiger partial charge in [0.15, 0.2) is 0 Å². The van der Waals surface area contributed by atoms with E-state index in [1.807, 2.05) is 6.07 Å². The number of benzene rings is 1. The van der Waals surface area contributed by atoms with Gasteiger partial charge in [-0.25, -0.2) is 0 Å². The maximum Gasteiger partial charge on any atom is 0.310 e. The summed E-state index contributed by atoms with van der Waals surface area (Å²) in [5, 5.41) is 17.4. The predicted octanol–water partition coefficient (Wildman–Crippen LogP) is 0.715. The average Bonchev–Trinajstić information content (AvgIpc) is 2.26. The molecule has 1 aromatic rings. The molecule has 0 radical (unpaired) electrons. The summed E-state index contributed by atoms with van der Waals surface area (Å²) >= 11 is 0. The van der Waals surface area contributed by atoms with Crippen molar-refractivity contribution in [3.05, 3.63) is 35.4 Å². The van der Waals surface area contributed by atoms with Crippen LogP contribution in [0.1, 0.15) is 15.9 Å². The van der Waals surface area contributed by atoms with Crippen LogP contribution >= 0.6 is 0 Å². The van der Waals surface area contributed by atoms with Crippen molar-refractivity contribution < 1.29 is 14.7 Å². The van der Waals surface area contributed by atoms with Crippen molar-refractivity contribution in [1.82, 2.24) is 4.90 Å². The van der Waals surface area contributed by atoms with Crippen LogP contribution in [0.2, 0.25) is 0 Å². The van der Waals surface area contributed by atoms with Crippen molar-refractivity contribution in [3.63, 3.8) is 0 Å². The zero-order valence-corrected chi connectivity index (χ0v) is 8.96. The molecule has 86 valence electrons. The number of likely N-dealkylation sites (tertiary alicyclic amines) is 1. The van der Waals surface area contributed by atoms with Crippen LogP contribution in [-0.2, 0) is 4.79 Å². The average molecular weight is 230 g/mol. The van der Waals surface area contributed by atoms with Gasteiger partial charge in [0.25, 0.3) is 5.91 Å². The number of carboxylic acids is 1. The predicted molar refractivity (Wildman–Crippen MR) is 58.2 cm³/mol. The number of amides is 1. The van der Waals surface area contributed by atoms with Gasteiger partial charge in [0.05, 0.1) is 17.6 Å². The molecule has 1 aromatic carbocycles. The number of hydrogen-bond donors (Lipinski definition) is 1. The van der Waals surface area contributed by atoms with Crippen LogP contribution in [0.5, 0.6) is 0 Å². The lowest BCUT2D eigenvalue weighted by molar-refractivity contribution is -0.146. The summed E-state index contributed by atoms with van der Waals surface area (Å²) in [5.41, 5.74) is 0.846. The SMILES string of the molecule is N#Cc1cccc(C(=O)N2CC(C(=O)O)C2)c1. The first-order valence-corrected chi connectivity index (χ1v) is 5.14. The van der Waals surface area contributed by atoms with Crippen LogP contribution in [0.3, 0.4) is 0 Å². The highest BCUT2D eigenvalue weighted by Crippen LogP contribution is 2.19. The number of nitriles is 1. The van der Waals surface area contributed by atoms with Gasteiger partial charge < -0.3 is 10.0 Å². The summed E-state index contributed by atoms with van der Waals surface area (Å²) < 4.78 is 0. The van der Waals surface area contributed by atoms with Crippen LogP contribution in [0, 0.1) is 17.2 Å². The second-order valence-electron chi connectivity index (χ2n) is 3.94. The van der Waals surface area contributed by atoms with Crippen LogP contribution in [0.15, 0.2) is 24.3 Å². The van der Waals surface area contributed by atoms with E-state index in [9.17, 15) is 9.59 Å². The molecule has 0 atom stereocenters. The van der Waals surface area contributed by atoms with E-state index in [4.69, 9.17) is 10.4 Å². The van der Waals surface area contributed by atoms with E-state index < -0.39 is 11.9 Å². The Morgan fingerprint density at radius 2 is 2.12 bits per heavy atom. The lowest BCUT2D eigenvalue weighted by Crippen LogP contribution is -2.53.